The van der Waals surface area contributed by atoms with Gasteiger partial charge in [0, 0.05) is 33.5 Å². The summed E-state index contributed by atoms with van der Waals surface area (Å²) in [6.45, 7) is 0. The third kappa shape index (κ3) is 6.73. The van der Waals surface area contributed by atoms with Crippen LogP contribution in [0.1, 0.15) is 47.9 Å². The Morgan fingerprint density at radius 2 is 0.672 bits per heavy atom. The molecule has 0 atom stereocenters. The summed E-state index contributed by atoms with van der Waals surface area (Å²) in [7, 11) is 0. The Morgan fingerprint density at radius 3 is 1.20 bits per heavy atom. The highest BCUT2D eigenvalue weighted by atomic mass is 15.1. The van der Waals surface area contributed by atoms with Gasteiger partial charge in [-0.2, -0.15) is 0 Å². The molecule has 1 heterocycles. The average molecular weight is 823 g/mol. The molecule has 2 aliphatic rings. The summed E-state index contributed by atoms with van der Waals surface area (Å²) >= 11 is 0. The van der Waals surface area contributed by atoms with E-state index in [9.17, 15) is 0 Å². The Hall–Kier alpha value is -7.42. The van der Waals surface area contributed by atoms with E-state index in [0.717, 1.165) is 29.9 Å². The van der Waals surface area contributed by atoms with Gasteiger partial charge < -0.3 is 9.47 Å². The zero-order valence-electron chi connectivity index (χ0n) is 36.2. The molecule has 0 spiro atoms. The van der Waals surface area contributed by atoms with Crippen LogP contribution in [0.2, 0.25) is 0 Å². The van der Waals surface area contributed by atoms with Crippen molar-refractivity contribution in [2.75, 3.05) is 4.90 Å². The predicted octanol–water partition coefficient (Wildman–Crippen LogP) is 16.7. The molecule has 1 aromatic heterocycles. The van der Waals surface area contributed by atoms with Gasteiger partial charge in [0.1, 0.15) is 0 Å². The Kier molecular flexibility index (Phi) is 9.79. The van der Waals surface area contributed by atoms with E-state index in [2.05, 4.69) is 216 Å². The number of benzene rings is 9. The Labute approximate surface area is 376 Å². The monoisotopic (exact) mass is 822 g/mol. The molecule has 9 aromatic carbocycles. The van der Waals surface area contributed by atoms with Crippen molar-refractivity contribution in [1.82, 2.24) is 4.57 Å². The second kappa shape index (κ2) is 16.4. The molecule has 0 N–H and O–H groups in total. The van der Waals surface area contributed by atoms with Crippen LogP contribution in [0.4, 0.5) is 17.1 Å². The van der Waals surface area contributed by atoms with Gasteiger partial charge in [0.05, 0.1) is 11.0 Å². The Bertz CT molecular complexity index is 3230. The van der Waals surface area contributed by atoms with Crippen molar-refractivity contribution in [3.63, 3.8) is 0 Å². The molecular formula is C62H50N2. The minimum absolute atomic E-state index is 1.13. The normalized spacial score (nSPS) is 13.4. The number of fused-ring (bicyclic) bond motifs is 5. The average Bonchev–Trinajstić information content (AvgIpc) is 3.71. The van der Waals surface area contributed by atoms with Crippen LogP contribution in [0.25, 0.3) is 72.0 Å². The Morgan fingerprint density at radius 1 is 0.297 bits per heavy atom. The molecule has 0 radical (unpaired) electrons. The van der Waals surface area contributed by atoms with Gasteiger partial charge in [-0.05, 0) is 185 Å². The third-order valence-electron chi connectivity index (χ3n) is 14.0. The predicted molar refractivity (Wildman–Crippen MR) is 270 cm³/mol. The van der Waals surface area contributed by atoms with Crippen LogP contribution in [0.3, 0.4) is 0 Å². The van der Waals surface area contributed by atoms with Gasteiger partial charge in [0.25, 0.3) is 0 Å². The standard InChI is InChI=1S/C62H50N2/c1-4-16-43(17-5-1)44-28-35-50(36-29-44)63(51-37-30-45(31-38-51)48-34-41-60-58(42-48)53-22-14-15-27-59(53)64(60)49-20-8-3-9-21-49)52-39-32-47(33-40-52)62-56-25-12-10-23-54(56)61(46-18-6-2-7-19-46)55-24-11-13-26-57(55)62/h1-9,14-22,27-42H,10-13,23-26H2. The fourth-order valence-corrected chi connectivity index (χ4v) is 11.0. The molecule has 0 bridgehead atoms. The molecule has 308 valence electrons. The lowest BCUT2D eigenvalue weighted by molar-refractivity contribution is 0.662. The van der Waals surface area contributed by atoms with E-state index in [0.29, 0.717) is 0 Å². The van der Waals surface area contributed by atoms with Gasteiger partial charge in [0.15, 0.2) is 0 Å². The first-order valence-corrected chi connectivity index (χ1v) is 23.3. The summed E-state index contributed by atoms with van der Waals surface area (Å²) in [6, 6.07) is 76.1. The molecule has 0 aliphatic heterocycles. The van der Waals surface area contributed by atoms with Gasteiger partial charge in [-0.15, -0.1) is 0 Å². The van der Waals surface area contributed by atoms with Crippen molar-refractivity contribution >= 4 is 38.9 Å². The summed E-state index contributed by atoms with van der Waals surface area (Å²) < 4.78 is 2.38. The van der Waals surface area contributed by atoms with Crippen LogP contribution in [0, 0.1) is 0 Å². The topological polar surface area (TPSA) is 8.17 Å². The van der Waals surface area contributed by atoms with E-state index >= 15 is 0 Å². The van der Waals surface area contributed by atoms with Crippen LogP contribution < -0.4 is 4.90 Å². The van der Waals surface area contributed by atoms with Crippen molar-refractivity contribution < 1.29 is 0 Å². The lowest BCUT2D eigenvalue weighted by Gasteiger charge is -2.32. The SMILES string of the molecule is c1ccc(-c2ccc(N(c3ccc(-c4ccc5c(c4)c4ccccc4n5-c4ccccc4)cc3)c3ccc(-c4c5c(c(-c6ccccc6)c6c4CCCC6)CCCC5)cc3)cc2)cc1. The van der Waals surface area contributed by atoms with Crippen molar-refractivity contribution in [2.45, 2.75) is 51.4 Å². The summed E-state index contributed by atoms with van der Waals surface area (Å²) in [4.78, 5) is 2.42. The highest BCUT2D eigenvalue weighted by Gasteiger charge is 2.28. The molecule has 10 aromatic rings. The summed E-state index contributed by atoms with van der Waals surface area (Å²) in [5, 5.41) is 2.53. The fourth-order valence-electron chi connectivity index (χ4n) is 11.0. The molecule has 2 aliphatic carbocycles. The highest BCUT2D eigenvalue weighted by Crippen LogP contribution is 2.47. The van der Waals surface area contributed by atoms with E-state index in [1.807, 2.05) is 0 Å². The van der Waals surface area contributed by atoms with Gasteiger partial charge in [-0.25, -0.2) is 0 Å². The maximum absolute atomic E-state index is 2.42. The lowest BCUT2D eigenvalue weighted by Crippen LogP contribution is -2.15. The number of hydrogen-bond acceptors (Lipinski definition) is 1. The smallest absolute Gasteiger partial charge is 0.0541 e. The first-order valence-electron chi connectivity index (χ1n) is 23.3. The number of nitrogens with zero attached hydrogens (tertiary/aromatic N) is 2. The maximum atomic E-state index is 2.42. The van der Waals surface area contributed by atoms with Gasteiger partial charge in [-0.1, -0.05) is 140 Å². The maximum Gasteiger partial charge on any atom is 0.0541 e. The fraction of sp³-hybridized carbons (Fsp3) is 0.129. The summed E-state index contributed by atoms with van der Waals surface area (Å²) in [5.74, 6) is 0. The molecule has 0 saturated heterocycles. The molecule has 0 fully saturated rings. The molecule has 0 amide bonds. The second-order valence-electron chi connectivity index (χ2n) is 17.7. The van der Waals surface area contributed by atoms with E-state index in [4.69, 9.17) is 0 Å². The highest BCUT2D eigenvalue weighted by molar-refractivity contribution is 6.10. The quantitative estimate of drug-likeness (QED) is 0.148. The molecule has 2 heteroatoms. The van der Waals surface area contributed by atoms with Crippen LogP contribution in [0.15, 0.2) is 206 Å². The van der Waals surface area contributed by atoms with Gasteiger partial charge in [0.2, 0.25) is 0 Å². The third-order valence-corrected chi connectivity index (χ3v) is 14.0. The van der Waals surface area contributed by atoms with E-state index in [-0.39, 0.29) is 0 Å². The van der Waals surface area contributed by atoms with E-state index in [1.165, 1.54) is 105 Å². The van der Waals surface area contributed by atoms with Gasteiger partial charge in [-0.3, -0.25) is 0 Å². The molecule has 0 unspecified atom stereocenters. The van der Waals surface area contributed by atoms with Crippen LogP contribution >= 0.6 is 0 Å². The molecule has 0 saturated carbocycles. The molecular weight excluding hydrogens is 773 g/mol. The number of anilines is 3. The first-order chi connectivity index (χ1) is 31.8. The van der Waals surface area contributed by atoms with Crippen molar-refractivity contribution in [3.8, 4) is 50.2 Å². The second-order valence-corrected chi connectivity index (χ2v) is 17.7. The van der Waals surface area contributed by atoms with E-state index < -0.39 is 0 Å². The van der Waals surface area contributed by atoms with Gasteiger partial charge >= 0.3 is 0 Å². The van der Waals surface area contributed by atoms with E-state index in [1.54, 1.807) is 27.8 Å². The minimum Gasteiger partial charge on any atom is -0.311 e. The number of hydrogen-bond donors (Lipinski definition) is 0. The Balaban J connectivity index is 0.943. The zero-order valence-corrected chi connectivity index (χ0v) is 36.2. The lowest BCUT2D eigenvalue weighted by atomic mass is 9.73. The van der Waals surface area contributed by atoms with Crippen molar-refractivity contribution in [3.05, 3.63) is 229 Å². The number of para-hydroxylation sites is 2. The van der Waals surface area contributed by atoms with Crippen molar-refractivity contribution in [2.24, 2.45) is 0 Å². The summed E-state index contributed by atoms with van der Waals surface area (Å²) in [5.41, 5.74) is 24.2. The number of rotatable bonds is 8. The largest absolute Gasteiger partial charge is 0.311 e. The van der Waals surface area contributed by atoms with Crippen LogP contribution in [-0.4, -0.2) is 4.57 Å². The van der Waals surface area contributed by atoms with Crippen LogP contribution in [-0.2, 0) is 25.7 Å². The van der Waals surface area contributed by atoms with Crippen molar-refractivity contribution in [1.29, 1.82) is 0 Å². The first kappa shape index (κ1) is 38.3. The molecule has 64 heavy (non-hydrogen) atoms. The number of aromatic nitrogens is 1. The summed E-state index contributed by atoms with van der Waals surface area (Å²) in [6.07, 6.45) is 9.73. The van der Waals surface area contributed by atoms with Crippen LogP contribution in [0.5, 0.6) is 0 Å². The molecule has 2 nitrogen and oxygen atoms in total. The minimum atomic E-state index is 1.13. The zero-order chi connectivity index (χ0) is 42.4. The molecule has 12 rings (SSSR count).